The Balaban J connectivity index is 2.72. The van der Waals surface area contributed by atoms with Crippen LogP contribution in [0.25, 0.3) is 0 Å². The lowest BCUT2D eigenvalue weighted by Gasteiger charge is -2.14. The molecular formula is C13H19NOS. The molecule has 2 nitrogen and oxygen atoms in total. The fraction of sp³-hybridized carbons (Fsp3) is 0.462. The molecule has 0 spiro atoms. The predicted molar refractivity (Wildman–Crippen MR) is 70.1 cm³/mol. The predicted octanol–water partition coefficient (Wildman–Crippen LogP) is 3.33. The third-order valence-corrected chi connectivity index (χ3v) is 3.25. The largest absolute Gasteiger partial charge is 0.350 e. The molecule has 0 radical (unpaired) electrons. The van der Waals surface area contributed by atoms with Gasteiger partial charge in [0, 0.05) is 10.9 Å². The number of amides is 1. The lowest BCUT2D eigenvalue weighted by molar-refractivity contribution is 0.0935. The van der Waals surface area contributed by atoms with Crippen molar-refractivity contribution in [1.29, 1.82) is 0 Å². The van der Waals surface area contributed by atoms with Crippen LogP contribution in [0.4, 0.5) is 0 Å². The van der Waals surface area contributed by atoms with Crippen LogP contribution >= 0.6 is 11.8 Å². The number of benzene rings is 1. The van der Waals surface area contributed by atoms with Gasteiger partial charge in [0.2, 0.25) is 0 Å². The van der Waals surface area contributed by atoms with E-state index >= 15 is 0 Å². The van der Waals surface area contributed by atoms with E-state index in [0.717, 1.165) is 23.3 Å². The minimum atomic E-state index is 0.0332. The van der Waals surface area contributed by atoms with Crippen molar-refractivity contribution < 1.29 is 4.79 Å². The molecule has 0 aliphatic heterocycles. The van der Waals surface area contributed by atoms with Crippen LogP contribution < -0.4 is 5.32 Å². The molecule has 88 valence electrons. The summed E-state index contributed by atoms with van der Waals surface area (Å²) < 4.78 is 0. The summed E-state index contributed by atoms with van der Waals surface area (Å²) >= 11 is 1.60. The Bertz CT molecular complexity index is 352. The van der Waals surface area contributed by atoms with Gasteiger partial charge in [-0.05, 0) is 31.7 Å². The molecule has 0 fully saturated rings. The topological polar surface area (TPSA) is 29.1 Å². The Hall–Kier alpha value is -0.960. The van der Waals surface area contributed by atoms with E-state index in [1.54, 1.807) is 11.8 Å². The van der Waals surface area contributed by atoms with Gasteiger partial charge in [-0.3, -0.25) is 4.79 Å². The van der Waals surface area contributed by atoms with Gasteiger partial charge in [-0.1, -0.05) is 25.5 Å². The molecule has 1 aromatic rings. The second-order valence-corrected chi connectivity index (χ2v) is 4.71. The highest BCUT2D eigenvalue weighted by Gasteiger charge is 2.12. The van der Waals surface area contributed by atoms with Crippen LogP contribution in [0.2, 0.25) is 0 Å². The number of carbonyl (C=O) groups excluding carboxylic acids is 1. The normalized spacial score (nSPS) is 12.2. The minimum absolute atomic E-state index is 0.0332. The number of carbonyl (C=O) groups is 1. The summed E-state index contributed by atoms with van der Waals surface area (Å²) in [6, 6.07) is 7.95. The van der Waals surface area contributed by atoms with Crippen molar-refractivity contribution in [3.8, 4) is 0 Å². The number of rotatable bonds is 5. The first-order valence-electron chi connectivity index (χ1n) is 5.63. The summed E-state index contributed by atoms with van der Waals surface area (Å²) in [6.07, 6.45) is 4.10. The fourth-order valence-corrected chi connectivity index (χ4v) is 2.23. The lowest BCUT2D eigenvalue weighted by atomic mass is 10.1. The molecule has 1 N–H and O–H groups in total. The van der Waals surface area contributed by atoms with E-state index in [2.05, 4.69) is 12.2 Å². The fourth-order valence-electron chi connectivity index (χ4n) is 1.64. The molecule has 0 heterocycles. The maximum absolute atomic E-state index is 12.0. The molecule has 0 saturated heterocycles. The van der Waals surface area contributed by atoms with Crippen molar-refractivity contribution in [2.75, 3.05) is 6.26 Å². The first-order chi connectivity index (χ1) is 7.69. The third kappa shape index (κ3) is 3.56. The molecule has 1 atom stereocenters. The van der Waals surface area contributed by atoms with Gasteiger partial charge in [0.15, 0.2) is 0 Å². The van der Waals surface area contributed by atoms with Crippen LogP contribution in [-0.2, 0) is 0 Å². The maximum atomic E-state index is 12.0. The highest BCUT2D eigenvalue weighted by Crippen LogP contribution is 2.19. The van der Waals surface area contributed by atoms with Crippen LogP contribution in [0.5, 0.6) is 0 Å². The van der Waals surface area contributed by atoms with Crippen molar-refractivity contribution in [3.63, 3.8) is 0 Å². The molecule has 0 aliphatic rings. The molecular weight excluding hydrogens is 218 g/mol. The summed E-state index contributed by atoms with van der Waals surface area (Å²) in [7, 11) is 0. The molecule has 0 bridgehead atoms. The van der Waals surface area contributed by atoms with Gasteiger partial charge >= 0.3 is 0 Å². The van der Waals surface area contributed by atoms with Gasteiger partial charge in [0.25, 0.3) is 5.91 Å². The second-order valence-electron chi connectivity index (χ2n) is 3.86. The zero-order valence-electron chi connectivity index (χ0n) is 10.1. The summed E-state index contributed by atoms with van der Waals surface area (Å²) in [4.78, 5) is 13.0. The first kappa shape index (κ1) is 13.1. The van der Waals surface area contributed by atoms with Gasteiger partial charge in [0.05, 0.1) is 5.56 Å². The molecule has 1 amide bonds. The Morgan fingerprint density at radius 2 is 2.12 bits per heavy atom. The molecule has 0 saturated carbocycles. The molecule has 1 rings (SSSR count). The Labute approximate surface area is 102 Å². The maximum Gasteiger partial charge on any atom is 0.252 e. The van der Waals surface area contributed by atoms with Gasteiger partial charge in [-0.25, -0.2) is 0 Å². The van der Waals surface area contributed by atoms with E-state index in [-0.39, 0.29) is 11.9 Å². The Morgan fingerprint density at radius 3 is 2.75 bits per heavy atom. The molecule has 0 unspecified atom stereocenters. The molecule has 0 aliphatic carbocycles. The monoisotopic (exact) mass is 237 g/mol. The number of hydrogen-bond acceptors (Lipinski definition) is 2. The summed E-state index contributed by atoms with van der Waals surface area (Å²) in [6.45, 7) is 4.17. The van der Waals surface area contributed by atoms with Crippen LogP contribution in [-0.4, -0.2) is 18.2 Å². The highest BCUT2D eigenvalue weighted by atomic mass is 32.2. The average Bonchev–Trinajstić information content (AvgIpc) is 2.29. The zero-order chi connectivity index (χ0) is 12.0. The molecule has 1 aromatic carbocycles. The van der Waals surface area contributed by atoms with Crippen LogP contribution in [0.1, 0.15) is 37.0 Å². The van der Waals surface area contributed by atoms with E-state index in [9.17, 15) is 4.79 Å². The quantitative estimate of drug-likeness (QED) is 0.796. The van der Waals surface area contributed by atoms with E-state index in [1.165, 1.54) is 0 Å². The van der Waals surface area contributed by atoms with Crippen molar-refractivity contribution in [2.24, 2.45) is 0 Å². The average molecular weight is 237 g/mol. The van der Waals surface area contributed by atoms with E-state index in [1.807, 2.05) is 37.4 Å². The van der Waals surface area contributed by atoms with Crippen molar-refractivity contribution in [1.82, 2.24) is 5.32 Å². The van der Waals surface area contributed by atoms with Gasteiger partial charge in [-0.15, -0.1) is 11.8 Å². The molecule has 3 heteroatoms. The van der Waals surface area contributed by atoms with Crippen LogP contribution in [0.3, 0.4) is 0 Å². The highest BCUT2D eigenvalue weighted by molar-refractivity contribution is 7.98. The molecule has 16 heavy (non-hydrogen) atoms. The van der Waals surface area contributed by atoms with Crippen molar-refractivity contribution in [2.45, 2.75) is 37.6 Å². The summed E-state index contributed by atoms with van der Waals surface area (Å²) in [5.74, 6) is 0.0332. The number of thioether (sulfide) groups is 1. The van der Waals surface area contributed by atoms with Gasteiger partial charge in [0.1, 0.15) is 0 Å². The van der Waals surface area contributed by atoms with Gasteiger partial charge in [-0.2, -0.15) is 0 Å². The van der Waals surface area contributed by atoms with E-state index in [4.69, 9.17) is 0 Å². The van der Waals surface area contributed by atoms with Crippen molar-refractivity contribution >= 4 is 17.7 Å². The van der Waals surface area contributed by atoms with Crippen molar-refractivity contribution in [3.05, 3.63) is 29.8 Å². The summed E-state index contributed by atoms with van der Waals surface area (Å²) in [5, 5.41) is 3.02. The second kappa shape index (κ2) is 6.59. The molecule has 0 aromatic heterocycles. The van der Waals surface area contributed by atoms with E-state index in [0.29, 0.717) is 0 Å². The Morgan fingerprint density at radius 1 is 1.44 bits per heavy atom. The Kier molecular flexibility index (Phi) is 5.39. The lowest BCUT2D eigenvalue weighted by Crippen LogP contribution is -2.32. The van der Waals surface area contributed by atoms with E-state index < -0.39 is 0 Å². The van der Waals surface area contributed by atoms with Crippen LogP contribution in [0, 0.1) is 0 Å². The first-order valence-corrected chi connectivity index (χ1v) is 6.85. The SMILES string of the molecule is CCC[C@@H](C)NC(=O)c1ccccc1SC. The zero-order valence-corrected chi connectivity index (χ0v) is 10.9. The smallest absolute Gasteiger partial charge is 0.252 e. The van der Waals surface area contributed by atoms with Gasteiger partial charge < -0.3 is 5.32 Å². The standard InChI is InChI=1S/C13H19NOS/c1-4-7-10(2)14-13(15)11-8-5-6-9-12(11)16-3/h5-6,8-10H,4,7H2,1-3H3,(H,14,15)/t10-/m1/s1. The third-order valence-electron chi connectivity index (χ3n) is 2.45. The number of hydrogen-bond donors (Lipinski definition) is 1. The van der Waals surface area contributed by atoms with Crippen LogP contribution in [0.15, 0.2) is 29.2 Å². The number of nitrogens with one attached hydrogen (secondary N) is 1. The summed E-state index contributed by atoms with van der Waals surface area (Å²) in [5.41, 5.74) is 0.776. The minimum Gasteiger partial charge on any atom is -0.350 e.